The Labute approximate surface area is 141 Å². The van der Waals surface area contributed by atoms with E-state index in [1.807, 2.05) is 73.3 Å². The van der Waals surface area contributed by atoms with E-state index in [1.54, 1.807) is 0 Å². The lowest BCUT2D eigenvalue weighted by Crippen LogP contribution is -2.15. The summed E-state index contributed by atoms with van der Waals surface area (Å²) in [5, 5.41) is 8.40. The Morgan fingerprint density at radius 1 is 1.17 bits per heavy atom. The lowest BCUT2D eigenvalue weighted by Gasteiger charge is -2.09. The van der Waals surface area contributed by atoms with Crippen molar-refractivity contribution < 1.29 is 9.53 Å². The predicted octanol–water partition coefficient (Wildman–Crippen LogP) is 3.78. The summed E-state index contributed by atoms with van der Waals surface area (Å²) in [5.74, 6) is -0.0482. The van der Waals surface area contributed by atoms with Crippen LogP contribution in [0.15, 0.2) is 54.7 Å². The molecule has 0 radical (unpaired) electrons. The van der Waals surface area contributed by atoms with Crippen LogP contribution in [-0.4, -0.2) is 28.4 Å². The zero-order valence-electron chi connectivity index (χ0n) is 13.9. The van der Waals surface area contributed by atoms with Crippen LogP contribution in [0.2, 0.25) is 0 Å². The molecular weight excluding hydrogens is 302 g/mol. The number of hydrogen-bond acceptors (Lipinski definition) is 3. The van der Waals surface area contributed by atoms with Crippen molar-refractivity contribution in [3.05, 3.63) is 54.7 Å². The Morgan fingerprint density at radius 2 is 1.92 bits per heavy atom. The molecule has 0 saturated carbocycles. The highest BCUT2D eigenvalue weighted by atomic mass is 16.5. The third-order valence-corrected chi connectivity index (χ3v) is 3.65. The van der Waals surface area contributed by atoms with Gasteiger partial charge >= 0.3 is 0 Å². The van der Waals surface area contributed by atoms with E-state index in [0.717, 1.165) is 22.3 Å². The molecule has 0 unspecified atom stereocenters. The van der Waals surface area contributed by atoms with Gasteiger partial charge in [-0.3, -0.25) is 4.79 Å². The van der Waals surface area contributed by atoms with Gasteiger partial charge in [0.05, 0.1) is 36.5 Å². The van der Waals surface area contributed by atoms with Crippen molar-refractivity contribution in [1.29, 1.82) is 0 Å². The number of carbonyl (C=O) groups is 1. The van der Waals surface area contributed by atoms with Gasteiger partial charge in [0.15, 0.2) is 0 Å². The molecule has 1 amide bonds. The number of carbonyl (C=O) groups excluding carboxylic acids is 1. The Kier molecular flexibility index (Phi) is 4.91. The van der Waals surface area contributed by atoms with E-state index < -0.39 is 0 Å². The monoisotopic (exact) mass is 323 g/mol. The van der Waals surface area contributed by atoms with Crippen molar-refractivity contribution in [3.63, 3.8) is 0 Å². The van der Waals surface area contributed by atoms with Gasteiger partial charge in [0, 0.05) is 11.1 Å². The van der Waals surface area contributed by atoms with Gasteiger partial charge in [-0.1, -0.05) is 18.2 Å². The molecule has 0 spiro atoms. The standard InChI is InChI=1S/C19H21N3O2/c1-14(2)24-12-11-19(23)21-16-7-9-17(10-8-16)22-18-6-4-3-5-15(18)13-20-22/h3-10,13-14H,11-12H2,1-2H3,(H,21,23). The maximum absolute atomic E-state index is 11.9. The molecule has 1 aromatic heterocycles. The van der Waals surface area contributed by atoms with E-state index in [9.17, 15) is 4.79 Å². The summed E-state index contributed by atoms with van der Waals surface area (Å²) in [5.41, 5.74) is 2.78. The number of aromatic nitrogens is 2. The topological polar surface area (TPSA) is 56.1 Å². The van der Waals surface area contributed by atoms with Gasteiger partial charge in [0.1, 0.15) is 0 Å². The summed E-state index contributed by atoms with van der Waals surface area (Å²) in [6.45, 7) is 4.34. The summed E-state index contributed by atoms with van der Waals surface area (Å²) in [4.78, 5) is 11.9. The number of ether oxygens (including phenoxy) is 1. The van der Waals surface area contributed by atoms with E-state index in [2.05, 4.69) is 10.4 Å². The van der Waals surface area contributed by atoms with Gasteiger partial charge in [0.2, 0.25) is 5.91 Å². The Bertz CT molecular complexity index is 822. The van der Waals surface area contributed by atoms with Gasteiger partial charge in [-0.15, -0.1) is 0 Å². The molecule has 5 nitrogen and oxygen atoms in total. The average Bonchev–Trinajstić information content (AvgIpc) is 2.99. The molecule has 0 fully saturated rings. The predicted molar refractivity (Wildman–Crippen MR) is 95.4 cm³/mol. The second-order valence-corrected chi connectivity index (χ2v) is 5.88. The first-order chi connectivity index (χ1) is 11.6. The number of nitrogens with one attached hydrogen (secondary N) is 1. The molecule has 3 rings (SSSR count). The lowest BCUT2D eigenvalue weighted by atomic mass is 10.2. The number of anilines is 1. The zero-order chi connectivity index (χ0) is 16.9. The highest BCUT2D eigenvalue weighted by Crippen LogP contribution is 2.19. The van der Waals surface area contributed by atoms with Gasteiger partial charge in [-0.25, -0.2) is 4.68 Å². The quantitative estimate of drug-likeness (QED) is 0.751. The van der Waals surface area contributed by atoms with Crippen LogP contribution in [0.1, 0.15) is 20.3 Å². The van der Waals surface area contributed by atoms with Crippen LogP contribution in [0.5, 0.6) is 0 Å². The van der Waals surface area contributed by atoms with E-state index >= 15 is 0 Å². The number of fused-ring (bicyclic) bond motifs is 1. The maximum atomic E-state index is 11.9. The molecule has 0 saturated heterocycles. The van der Waals surface area contributed by atoms with Crippen LogP contribution in [-0.2, 0) is 9.53 Å². The second kappa shape index (κ2) is 7.27. The molecule has 2 aromatic carbocycles. The van der Waals surface area contributed by atoms with E-state index in [0.29, 0.717) is 13.0 Å². The molecule has 24 heavy (non-hydrogen) atoms. The lowest BCUT2D eigenvalue weighted by molar-refractivity contribution is -0.117. The zero-order valence-corrected chi connectivity index (χ0v) is 13.9. The Hall–Kier alpha value is -2.66. The molecule has 5 heteroatoms. The Morgan fingerprint density at radius 3 is 2.67 bits per heavy atom. The minimum atomic E-state index is -0.0482. The van der Waals surface area contributed by atoms with Gasteiger partial charge in [0.25, 0.3) is 0 Å². The fourth-order valence-corrected chi connectivity index (χ4v) is 2.47. The van der Waals surface area contributed by atoms with Crippen LogP contribution in [0, 0.1) is 0 Å². The van der Waals surface area contributed by atoms with Gasteiger partial charge in [-0.05, 0) is 44.2 Å². The maximum Gasteiger partial charge on any atom is 0.226 e. The molecule has 3 aromatic rings. The van der Waals surface area contributed by atoms with E-state index in [4.69, 9.17) is 4.74 Å². The third kappa shape index (κ3) is 3.81. The number of nitrogens with zero attached hydrogens (tertiary/aromatic N) is 2. The molecule has 0 aliphatic heterocycles. The van der Waals surface area contributed by atoms with Crippen LogP contribution >= 0.6 is 0 Å². The fraction of sp³-hybridized carbons (Fsp3) is 0.263. The van der Waals surface area contributed by atoms with E-state index in [1.165, 1.54) is 0 Å². The highest BCUT2D eigenvalue weighted by Gasteiger charge is 2.06. The normalized spacial score (nSPS) is 11.1. The summed E-state index contributed by atoms with van der Waals surface area (Å²) in [7, 11) is 0. The van der Waals surface area contributed by atoms with Crippen molar-refractivity contribution in [3.8, 4) is 5.69 Å². The number of rotatable bonds is 6. The van der Waals surface area contributed by atoms with Crippen LogP contribution in [0.4, 0.5) is 5.69 Å². The molecule has 124 valence electrons. The minimum absolute atomic E-state index is 0.0482. The first-order valence-electron chi connectivity index (χ1n) is 8.08. The van der Waals surface area contributed by atoms with Crippen molar-refractivity contribution in [2.24, 2.45) is 0 Å². The smallest absolute Gasteiger partial charge is 0.226 e. The molecule has 1 heterocycles. The summed E-state index contributed by atoms with van der Waals surface area (Å²) in [6.07, 6.45) is 2.34. The number of benzene rings is 2. The molecule has 0 aliphatic rings. The van der Waals surface area contributed by atoms with E-state index in [-0.39, 0.29) is 12.0 Å². The van der Waals surface area contributed by atoms with Gasteiger partial charge < -0.3 is 10.1 Å². The largest absolute Gasteiger partial charge is 0.378 e. The van der Waals surface area contributed by atoms with Crippen LogP contribution in [0.25, 0.3) is 16.6 Å². The third-order valence-electron chi connectivity index (χ3n) is 3.65. The summed E-state index contributed by atoms with van der Waals surface area (Å²) < 4.78 is 7.27. The first-order valence-corrected chi connectivity index (χ1v) is 8.08. The number of para-hydroxylation sites is 1. The van der Waals surface area contributed by atoms with Crippen LogP contribution in [0.3, 0.4) is 0 Å². The van der Waals surface area contributed by atoms with Crippen LogP contribution < -0.4 is 5.32 Å². The Balaban J connectivity index is 1.66. The SMILES string of the molecule is CC(C)OCCC(=O)Nc1ccc(-n2ncc3ccccc32)cc1. The molecule has 0 bridgehead atoms. The number of hydrogen-bond donors (Lipinski definition) is 1. The number of amides is 1. The van der Waals surface area contributed by atoms with Gasteiger partial charge in [-0.2, -0.15) is 5.10 Å². The van der Waals surface area contributed by atoms with Crippen molar-refractivity contribution in [1.82, 2.24) is 9.78 Å². The first kappa shape index (κ1) is 16.2. The molecule has 0 atom stereocenters. The van der Waals surface area contributed by atoms with Crippen molar-refractivity contribution >= 4 is 22.5 Å². The fourth-order valence-electron chi connectivity index (χ4n) is 2.47. The highest BCUT2D eigenvalue weighted by molar-refractivity contribution is 5.90. The molecule has 0 aliphatic carbocycles. The van der Waals surface area contributed by atoms with Crippen molar-refractivity contribution in [2.75, 3.05) is 11.9 Å². The van der Waals surface area contributed by atoms with Crippen molar-refractivity contribution in [2.45, 2.75) is 26.4 Å². The molecular formula is C19H21N3O2. The summed E-state index contributed by atoms with van der Waals surface area (Å²) in [6, 6.07) is 15.7. The molecule has 1 N–H and O–H groups in total. The summed E-state index contributed by atoms with van der Waals surface area (Å²) >= 11 is 0. The average molecular weight is 323 g/mol. The minimum Gasteiger partial charge on any atom is -0.378 e. The second-order valence-electron chi connectivity index (χ2n) is 5.88.